The molecule has 1 aliphatic rings. The molecule has 0 saturated carbocycles. The summed E-state index contributed by atoms with van der Waals surface area (Å²) in [6.45, 7) is 3.02. The average Bonchev–Trinajstić information content (AvgIpc) is 3.08. The van der Waals surface area contributed by atoms with E-state index in [1.807, 2.05) is 43.3 Å². The second kappa shape index (κ2) is 8.33. The number of carbonyl (C=O) groups excluding carboxylic acids is 2. The normalized spacial score (nSPS) is 19.0. The molecule has 2 aromatic rings. The molecular weight excluding hydrogens is 344 g/mol. The Balaban J connectivity index is 1.74. The zero-order valence-electron chi connectivity index (χ0n) is 15.3. The van der Waals surface area contributed by atoms with E-state index in [1.54, 1.807) is 17.0 Å². The summed E-state index contributed by atoms with van der Waals surface area (Å²) >= 11 is 0. The van der Waals surface area contributed by atoms with E-state index < -0.39 is 6.10 Å². The number of nitrogens with two attached hydrogens (primary N) is 1. The first kappa shape index (κ1) is 19.1. The third-order valence-corrected chi connectivity index (χ3v) is 4.82. The first-order valence-corrected chi connectivity index (χ1v) is 9.04. The van der Waals surface area contributed by atoms with Gasteiger partial charge in [0, 0.05) is 12.1 Å². The monoisotopic (exact) mass is 368 g/mol. The number of aliphatic hydroxyl groups is 1. The lowest BCUT2D eigenvalue weighted by Crippen LogP contribution is -2.46. The molecule has 142 valence electrons. The van der Waals surface area contributed by atoms with E-state index >= 15 is 0 Å². The van der Waals surface area contributed by atoms with Crippen molar-refractivity contribution in [1.82, 2.24) is 4.90 Å². The van der Waals surface area contributed by atoms with Crippen LogP contribution < -0.4 is 5.73 Å². The van der Waals surface area contributed by atoms with Gasteiger partial charge in [-0.1, -0.05) is 36.4 Å². The van der Waals surface area contributed by atoms with Gasteiger partial charge >= 0.3 is 0 Å². The van der Waals surface area contributed by atoms with Crippen LogP contribution in [0, 0.1) is 0 Å². The number of ether oxygens (including phenoxy) is 1. The Hall–Kier alpha value is -2.70. The Labute approximate surface area is 158 Å². The highest BCUT2D eigenvalue weighted by molar-refractivity contribution is 5.95. The number of benzene rings is 2. The molecule has 0 aliphatic carbocycles. The quantitative estimate of drug-likeness (QED) is 0.810. The number of hydrogen-bond donors (Lipinski definition) is 2. The van der Waals surface area contributed by atoms with Crippen LogP contribution in [-0.4, -0.2) is 53.7 Å². The van der Waals surface area contributed by atoms with Gasteiger partial charge < -0.3 is 20.5 Å². The molecular formula is C21H24N2O4. The Morgan fingerprint density at radius 2 is 1.67 bits per heavy atom. The van der Waals surface area contributed by atoms with Crippen molar-refractivity contribution in [2.24, 2.45) is 5.73 Å². The van der Waals surface area contributed by atoms with Gasteiger partial charge in [-0.3, -0.25) is 9.59 Å². The standard InChI is InChI=1S/C21H24N2O4/c1-2-23(18-12-27-13-19(18)24)21(26)17-9-7-16(8-10-17)15-5-3-14(4-6-15)11-20(22)25/h3-10,18-19,24H,2,11-13H2,1H3,(H2,22,25). The number of nitrogens with zero attached hydrogens (tertiary/aromatic N) is 1. The lowest BCUT2D eigenvalue weighted by Gasteiger charge is -2.28. The molecule has 0 radical (unpaired) electrons. The number of carbonyl (C=O) groups is 2. The third-order valence-electron chi connectivity index (χ3n) is 4.82. The molecule has 0 spiro atoms. The highest BCUT2D eigenvalue weighted by Gasteiger charge is 2.34. The summed E-state index contributed by atoms with van der Waals surface area (Å²) in [6.07, 6.45) is -0.427. The van der Waals surface area contributed by atoms with E-state index in [0.717, 1.165) is 16.7 Å². The largest absolute Gasteiger partial charge is 0.388 e. The fraction of sp³-hybridized carbons (Fsp3) is 0.333. The van der Waals surface area contributed by atoms with Crippen LogP contribution in [-0.2, 0) is 16.0 Å². The van der Waals surface area contributed by atoms with Crippen LogP contribution in [0.25, 0.3) is 11.1 Å². The summed E-state index contributed by atoms with van der Waals surface area (Å²) in [6, 6.07) is 14.7. The fourth-order valence-electron chi connectivity index (χ4n) is 3.35. The molecule has 2 unspecified atom stereocenters. The molecule has 6 heteroatoms. The summed E-state index contributed by atoms with van der Waals surface area (Å²) in [5.41, 5.74) is 8.62. The van der Waals surface area contributed by atoms with Crippen LogP contribution in [0.15, 0.2) is 48.5 Å². The van der Waals surface area contributed by atoms with Gasteiger partial charge in [0.2, 0.25) is 5.91 Å². The zero-order valence-corrected chi connectivity index (χ0v) is 15.3. The van der Waals surface area contributed by atoms with Gasteiger partial charge in [-0.15, -0.1) is 0 Å². The third kappa shape index (κ3) is 4.35. The molecule has 3 rings (SSSR count). The smallest absolute Gasteiger partial charge is 0.254 e. The molecule has 0 bridgehead atoms. The summed E-state index contributed by atoms with van der Waals surface area (Å²) in [5, 5.41) is 10.0. The lowest BCUT2D eigenvalue weighted by molar-refractivity contribution is -0.117. The van der Waals surface area contributed by atoms with Crippen LogP contribution in [0.3, 0.4) is 0 Å². The van der Waals surface area contributed by atoms with Crippen molar-refractivity contribution in [3.8, 4) is 11.1 Å². The molecule has 3 N–H and O–H groups in total. The van der Waals surface area contributed by atoms with E-state index in [-0.39, 0.29) is 30.9 Å². The summed E-state index contributed by atoms with van der Waals surface area (Å²) < 4.78 is 5.28. The molecule has 27 heavy (non-hydrogen) atoms. The van der Waals surface area contributed by atoms with E-state index in [4.69, 9.17) is 10.5 Å². The van der Waals surface area contributed by atoms with Crippen molar-refractivity contribution < 1.29 is 19.4 Å². The highest BCUT2D eigenvalue weighted by Crippen LogP contribution is 2.22. The Morgan fingerprint density at radius 1 is 1.07 bits per heavy atom. The van der Waals surface area contributed by atoms with E-state index in [9.17, 15) is 14.7 Å². The van der Waals surface area contributed by atoms with E-state index in [1.165, 1.54) is 0 Å². The summed E-state index contributed by atoms with van der Waals surface area (Å²) in [7, 11) is 0. The van der Waals surface area contributed by atoms with Crippen LogP contribution in [0.4, 0.5) is 0 Å². The van der Waals surface area contributed by atoms with Gasteiger partial charge in [0.25, 0.3) is 5.91 Å². The molecule has 1 aliphatic heterocycles. The Kier molecular flexibility index (Phi) is 5.88. The molecule has 1 fully saturated rings. The predicted octanol–water partition coefficient (Wildman–Crippen LogP) is 1.60. The van der Waals surface area contributed by atoms with Gasteiger partial charge in [-0.05, 0) is 35.7 Å². The fourth-order valence-corrected chi connectivity index (χ4v) is 3.35. The predicted molar refractivity (Wildman–Crippen MR) is 102 cm³/mol. The van der Waals surface area contributed by atoms with Crippen LogP contribution in [0.1, 0.15) is 22.8 Å². The lowest BCUT2D eigenvalue weighted by atomic mass is 10.0. The van der Waals surface area contributed by atoms with Crippen LogP contribution in [0.2, 0.25) is 0 Å². The highest BCUT2D eigenvalue weighted by atomic mass is 16.5. The van der Waals surface area contributed by atoms with Crippen LogP contribution in [0.5, 0.6) is 0 Å². The topological polar surface area (TPSA) is 92.9 Å². The second-order valence-corrected chi connectivity index (χ2v) is 6.68. The SMILES string of the molecule is CCN(C(=O)c1ccc(-c2ccc(CC(N)=O)cc2)cc1)C1COCC1O. The molecule has 2 amide bonds. The van der Waals surface area contributed by atoms with Gasteiger partial charge in [0.05, 0.1) is 31.8 Å². The van der Waals surface area contributed by atoms with E-state index in [2.05, 4.69) is 0 Å². The molecule has 1 heterocycles. The molecule has 6 nitrogen and oxygen atoms in total. The van der Waals surface area contributed by atoms with Crippen molar-refractivity contribution in [2.45, 2.75) is 25.5 Å². The number of likely N-dealkylation sites (N-methyl/N-ethyl adjacent to an activating group) is 1. The zero-order chi connectivity index (χ0) is 19.4. The van der Waals surface area contributed by atoms with Crippen molar-refractivity contribution in [3.63, 3.8) is 0 Å². The first-order chi connectivity index (χ1) is 13.0. The first-order valence-electron chi connectivity index (χ1n) is 9.04. The van der Waals surface area contributed by atoms with Gasteiger partial charge in [-0.2, -0.15) is 0 Å². The molecule has 1 saturated heterocycles. The van der Waals surface area contributed by atoms with Crippen molar-refractivity contribution in [1.29, 1.82) is 0 Å². The maximum absolute atomic E-state index is 12.8. The second-order valence-electron chi connectivity index (χ2n) is 6.68. The van der Waals surface area contributed by atoms with Crippen molar-refractivity contribution in [3.05, 3.63) is 59.7 Å². The number of amides is 2. The van der Waals surface area contributed by atoms with Gasteiger partial charge in [0.1, 0.15) is 0 Å². The minimum Gasteiger partial charge on any atom is -0.388 e. The minimum absolute atomic E-state index is 0.115. The maximum atomic E-state index is 12.8. The summed E-state index contributed by atoms with van der Waals surface area (Å²) in [4.78, 5) is 25.5. The van der Waals surface area contributed by atoms with Crippen molar-refractivity contribution in [2.75, 3.05) is 19.8 Å². The molecule has 2 aromatic carbocycles. The summed E-state index contributed by atoms with van der Waals surface area (Å²) in [5.74, 6) is -0.473. The minimum atomic E-state index is -0.646. The van der Waals surface area contributed by atoms with Crippen LogP contribution >= 0.6 is 0 Å². The Bertz CT molecular complexity index is 802. The number of primary amides is 1. The molecule has 2 atom stereocenters. The maximum Gasteiger partial charge on any atom is 0.254 e. The molecule has 0 aromatic heterocycles. The Morgan fingerprint density at radius 3 is 2.15 bits per heavy atom. The van der Waals surface area contributed by atoms with E-state index in [0.29, 0.717) is 18.7 Å². The van der Waals surface area contributed by atoms with Crippen molar-refractivity contribution >= 4 is 11.8 Å². The number of aliphatic hydroxyl groups excluding tert-OH is 1. The number of hydrogen-bond acceptors (Lipinski definition) is 4. The van der Waals surface area contributed by atoms with Gasteiger partial charge in [-0.25, -0.2) is 0 Å². The number of rotatable bonds is 6. The van der Waals surface area contributed by atoms with Gasteiger partial charge in [0.15, 0.2) is 0 Å². The average molecular weight is 368 g/mol.